The lowest BCUT2D eigenvalue weighted by atomic mass is 10.2. The van der Waals surface area contributed by atoms with Gasteiger partial charge in [0.15, 0.2) is 17.4 Å². The van der Waals surface area contributed by atoms with Crippen molar-refractivity contribution in [2.75, 3.05) is 11.9 Å². The molecule has 0 spiro atoms. The molecule has 0 aliphatic carbocycles. The van der Waals surface area contributed by atoms with Crippen molar-refractivity contribution < 1.29 is 9.53 Å². The molecule has 1 amide bonds. The minimum Gasteiger partial charge on any atom is -0.488 e. The van der Waals surface area contributed by atoms with Crippen LogP contribution in [0.25, 0.3) is 17.2 Å². The first-order valence-corrected chi connectivity index (χ1v) is 10.7. The fraction of sp³-hybridized carbons (Fsp3) is 0.250. The van der Waals surface area contributed by atoms with E-state index in [0.717, 1.165) is 41.9 Å². The lowest BCUT2D eigenvalue weighted by Gasteiger charge is -2.15. The second kappa shape index (κ2) is 8.30. The number of nitrogens with two attached hydrogens (primary N) is 1. The summed E-state index contributed by atoms with van der Waals surface area (Å²) in [5.41, 5.74) is 9.90. The van der Waals surface area contributed by atoms with Crippen molar-refractivity contribution >= 4 is 17.4 Å². The number of benzene rings is 1. The van der Waals surface area contributed by atoms with Crippen LogP contribution in [-0.4, -0.2) is 31.9 Å². The largest absolute Gasteiger partial charge is 0.488 e. The summed E-state index contributed by atoms with van der Waals surface area (Å²) in [6, 6.07) is 13.6. The fourth-order valence-electron chi connectivity index (χ4n) is 4.04. The number of pyridine rings is 1. The molecule has 8 heteroatoms. The maximum absolute atomic E-state index is 11.9. The van der Waals surface area contributed by atoms with Gasteiger partial charge in [-0.2, -0.15) is 0 Å². The Morgan fingerprint density at radius 1 is 1.12 bits per heavy atom. The number of anilines is 1. The molecule has 32 heavy (non-hydrogen) atoms. The van der Waals surface area contributed by atoms with Crippen LogP contribution in [0.2, 0.25) is 0 Å². The van der Waals surface area contributed by atoms with Gasteiger partial charge in [0.1, 0.15) is 11.3 Å². The van der Waals surface area contributed by atoms with Crippen molar-refractivity contribution in [1.82, 2.24) is 19.4 Å². The van der Waals surface area contributed by atoms with E-state index in [1.54, 1.807) is 12.1 Å². The Hall–Kier alpha value is -3.94. The molecule has 3 aromatic heterocycles. The smallest absolute Gasteiger partial charge is 0.252 e. The fourth-order valence-corrected chi connectivity index (χ4v) is 4.04. The predicted molar refractivity (Wildman–Crippen MR) is 122 cm³/mol. The molecule has 4 aromatic rings. The van der Waals surface area contributed by atoms with E-state index in [0.29, 0.717) is 41.8 Å². The molecule has 1 aliphatic heterocycles. The van der Waals surface area contributed by atoms with Crippen molar-refractivity contribution in [1.29, 1.82) is 0 Å². The highest BCUT2D eigenvalue weighted by atomic mass is 16.5. The molecule has 8 nitrogen and oxygen atoms in total. The highest BCUT2D eigenvalue weighted by Gasteiger charge is 2.23. The minimum atomic E-state index is -0.520. The number of amides is 1. The number of primary amides is 1. The number of carbonyl (C=O) groups is 1. The van der Waals surface area contributed by atoms with Gasteiger partial charge in [0, 0.05) is 12.7 Å². The summed E-state index contributed by atoms with van der Waals surface area (Å²) in [7, 11) is 0. The predicted octanol–water partition coefficient (Wildman–Crippen LogP) is 3.53. The topological polar surface area (TPSA) is 107 Å². The highest BCUT2D eigenvalue weighted by Crippen LogP contribution is 2.34. The molecule has 0 fully saturated rings. The number of nitrogens with one attached hydrogen (secondary N) is 1. The van der Waals surface area contributed by atoms with E-state index < -0.39 is 5.91 Å². The van der Waals surface area contributed by atoms with Gasteiger partial charge in [-0.15, -0.1) is 0 Å². The molecule has 1 aliphatic rings. The SMILES string of the molecule is Cc1nc2c(C(N)=O)cccn2c1-c1nc2c(c(NCc3ccccc3)n1)OCCCC2. The third-order valence-corrected chi connectivity index (χ3v) is 5.59. The standard InChI is InChI=1S/C24H24N6O2/c1-15-19(30-12-7-10-17(21(25)31)24(30)27-15)22-28-18-11-5-6-13-32-20(18)23(29-22)26-14-16-8-3-2-4-9-16/h2-4,7-10,12H,5-6,11,13-14H2,1H3,(H2,25,31)(H,26,28,29). The number of imidazole rings is 1. The number of aryl methyl sites for hydroxylation is 2. The van der Waals surface area contributed by atoms with E-state index >= 15 is 0 Å². The summed E-state index contributed by atoms with van der Waals surface area (Å²) in [4.78, 5) is 26.2. The van der Waals surface area contributed by atoms with Crippen LogP contribution in [0.5, 0.6) is 5.75 Å². The third kappa shape index (κ3) is 3.64. The third-order valence-electron chi connectivity index (χ3n) is 5.59. The first-order valence-electron chi connectivity index (χ1n) is 10.7. The van der Waals surface area contributed by atoms with Crippen molar-refractivity contribution in [3.8, 4) is 17.3 Å². The van der Waals surface area contributed by atoms with Gasteiger partial charge in [0.05, 0.1) is 23.6 Å². The molecule has 0 bridgehead atoms. The van der Waals surface area contributed by atoms with Crippen LogP contribution >= 0.6 is 0 Å². The van der Waals surface area contributed by atoms with E-state index in [4.69, 9.17) is 20.4 Å². The van der Waals surface area contributed by atoms with Crippen LogP contribution < -0.4 is 15.8 Å². The average Bonchev–Trinajstić information content (AvgIpc) is 2.96. The van der Waals surface area contributed by atoms with Crippen LogP contribution in [0.1, 0.15) is 40.2 Å². The van der Waals surface area contributed by atoms with Crippen molar-refractivity contribution in [3.63, 3.8) is 0 Å². The Labute approximate surface area is 185 Å². The normalized spacial score (nSPS) is 13.3. The van der Waals surface area contributed by atoms with Crippen molar-refractivity contribution in [2.45, 2.75) is 32.7 Å². The first-order chi connectivity index (χ1) is 15.6. The molecule has 162 valence electrons. The maximum atomic E-state index is 11.9. The Kier molecular flexibility index (Phi) is 5.18. The number of aromatic nitrogens is 4. The van der Waals surface area contributed by atoms with Crippen LogP contribution in [0, 0.1) is 6.92 Å². The van der Waals surface area contributed by atoms with Crippen LogP contribution in [0.4, 0.5) is 5.82 Å². The van der Waals surface area contributed by atoms with E-state index in [1.165, 1.54) is 0 Å². The quantitative estimate of drug-likeness (QED) is 0.504. The monoisotopic (exact) mass is 428 g/mol. The number of nitrogens with zero attached hydrogens (tertiary/aromatic N) is 4. The molecule has 0 atom stereocenters. The number of rotatable bonds is 5. The zero-order valence-corrected chi connectivity index (χ0v) is 17.8. The molecular weight excluding hydrogens is 404 g/mol. The van der Waals surface area contributed by atoms with Crippen molar-refractivity contribution in [2.24, 2.45) is 5.73 Å². The zero-order chi connectivity index (χ0) is 22.1. The van der Waals surface area contributed by atoms with Crippen LogP contribution in [0.15, 0.2) is 48.7 Å². The molecule has 1 aromatic carbocycles. The van der Waals surface area contributed by atoms with E-state index in [1.807, 2.05) is 35.7 Å². The molecule has 0 saturated heterocycles. The van der Waals surface area contributed by atoms with E-state index in [-0.39, 0.29) is 0 Å². The number of hydrogen-bond acceptors (Lipinski definition) is 6. The number of carbonyl (C=O) groups excluding carboxylic acids is 1. The van der Waals surface area contributed by atoms with Gasteiger partial charge in [-0.3, -0.25) is 9.20 Å². The Balaban J connectivity index is 1.63. The lowest BCUT2D eigenvalue weighted by molar-refractivity contribution is 0.100. The zero-order valence-electron chi connectivity index (χ0n) is 17.8. The number of ether oxygens (including phenoxy) is 1. The number of hydrogen-bond donors (Lipinski definition) is 2. The Bertz CT molecular complexity index is 1300. The minimum absolute atomic E-state index is 0.363. The van der Waals surface area contributed by atoms with E-state index in [2.05, 4.69) is 22.4 Å². The molecular formula is C24H24N6O2. The van der Waals surface area contributed by atoms with Crippen LogP contribution in [-0.2, 0) is 13.0 Å². The highest BCUT2D eigenvalue weighted by molar-refractivity contribution is 5.99. The van der Waals surface area contributed by atoms with Crippen molar-refractivity contribution in [3.05, 3.63) is 71.2 Å². The maximum Gasteiger partial charge on any atom is 0.252 e. The summed E-state index contributed by atoms with van der Waals surface area (Å²) in [6.07, 6.45) is 4.63. The van der Waals surface area contributed by atoms with Gasteiger partial charge in [-0.05, 0) is 43.9 Å². The average molecular weight is 428 g/mol. The molecule has 0 saturated carbocycles. The van der Waals surface area contributed by atoms with Gasteiger partial charge in [0.25, 0.3) is 5.91 Å². The molecule has 0 radical (unpaired) electrons. The molecule has 4 heterocycles. The summed E-state index contributed by atoms with van der Waals surface area (Å²) in [5.74, 6) is 1.40. The van der Waals surface area contributed by atoms with Crippen LogP contribution in [0.3, 0.4) is 0 Å². The molecule has 3 N–H and O–H groups in total. The van der Waals surface area contributed by atoms with Gasteiger partial charge in [-0.25, -0.2) is 15.0 Å². The summed E-state index contributed by atoms with van der Waals surface area (Å²) < 4.78 is 7.87. The van der Waals surface area contributed by atoms with E-state index in [9.17, 15) is 4.79 Å². The molecule has 0 unspecified atom stereocenters. The Morgan fingerprint density at radius 3 is 2.78 bits per heavy atom. The summed E-state index contributed by atoms with van der Waals surface area (Å²) >= 11 is 0. The second-order valence-electron chi connectivity index (χ2n) is 7.84. The number of fused-ring (bicyclic) bond motifs is 2. The lowest BCUT2D eigenvalue weighted by Crippen LogP contribution is -2.13. The Morgan fingerprint density at radius 2 is 1.97 bits per heavy atom. The van der Waals surface area contributed by atoms with Gasteiger partial charge in [-0.1, -0.05) is 30.3 Å². The molecule has 5 rings (SSSR count). The van der Waals surface area contributed by atoms with Gasteiger partial charge >= 0.3 is 0 Å². The summed E-state index contributed by atoms with van der Waals surface area (Å²) in [5, 5.41) is 3.44. The summed E-state index contributed by atoms with van der Waals surface area (Å²) in [6.45, 7) is 3.15. The second-order valence-corrected chi connectivity index (χ2v) is 7.84. The first kappa shape index (κ1) is 20.0. The van der Waals surface area contributed by atoms with Gasteiger partial charge < -0.3 is 15.8 Å². The van der Waals surface area contributed by atoms with Gasteiger partial charge in [0.2, 0.25) is 0 Å².